The van der Waals surface area contributed by atoms with Crippen LogP contribution >= 0.6 is 0 Å². The fourth-order valence-corrected chi connectivity index (χ4v) is 5.10. The molecule has 9 heteroatoms. The van der Waals surface area contributed by atoms with Crippen molar-refractivity contribution in [1.82, 2.24) is 24.4 Å². The van der Waals surface area contributed by atoms with Gasteiger partial charge in [0.1, 0.15) is 23.1 Å². The van der Waals surface area contributed by atoms with Gasteiger partial charge in [0.25, 0.3) is 0 Å². The number of pyridine rings is 2. The van der Waals surface area contributed by atoms with Crippen molar-refractivity contribution in [2.45, 2.75) is 38.9 Å². The molecular weight excluding hydrogens is 469 g/mol. The number of aryl methyl sites for hydroxylation is 2. The van der Waals surface area contributed by atoms with Gasteiger partial charge in [0.2, 0.25) is 0 Å². The van der Waals surface area contributed by atoms with Crippen LogP contribution < -0.4 is 10.6 Å². The molecule has 0 bridgehead atoms. The quantitative estimate of drug-likeness (QED) is 0.424. The van der Waals surface area contributed by atoms with Gasteiger partial charge >= 0.3 is 5.69 Å². The Morgan fingerprint density at radius 2 is 1.78 bits per heavy atom. The zero-order chi connectivity index (χ0) is 26.3. The summed E-state index contributed by atoms with van der Waals surface area (Å²) in [6.45, 7) is 7.44. The standard InChI is InChI=1S/C28H28FN7O/c1-17-5-11-23(31-14-17)26(20-6-8-21(29)9-7-20)35-15-19(3)36(16-18(35)2)27-25-24(34(4)28(37)33-27)12-10-22(13-30)32-25/h5-12,14,18-19,26H,15-16H2,1-4H3/t18-,19+,26?/m1/s1. The molecule has 1 aliphatic rings. The molecule has 3 aromatic heterocycles. The number of fused-ring (bicyclic) bond motifs is 1. The SMILES string of the molecule is Cc1ccc(C(c2ccc(F)cc2)N2C[C@H](C)N(c3nc(=O)n(C)c4ccc(C#N)nc34)C[C@H]2C)nc1. The van der Waals surface area contributed by atoms with Crippen molar-refractivity contribution in [3.8, 4) is 6.07 Å². The first-order valence-electron chi connectivity index (χ1n) is 12.2. The van der Waals surface area contributed by atoms with Gasteiger partial charge < -0.3 is 4.90 Å². The summed E-state index contributed by atoms with van der Waals surface area (Å²) in [5.41, 5.74) is 3.98. The van der Waals surface area contributed by atoms with E-state index in [0.29, 0.717) is 29.9 Å². The van der Waals surface area contributed by atoms with Crippen LogP contribution in [0.4, 0.5) is 10.2 Å². The predicted molar refractivity (Wildman–Crippen MR) is 140 cm³/mol. The van der Waals surface area contributed by atoms with Crippen molar-refractivity contribution in [2.24, 2.45) is 7.05 Å². The minimum absolute atomic E-state index is 0.0278. The van der Waals surface area contributed by atoms with Crippen LogP contribution in [-0.4, -0.2) is 49.6 Å². The number of nitriles is 1. The van der Waals surface area contributed by atoms with Crippen molar-refractivity contribution < 1.29 is 4.39 Å². The minimum atomic E-state index is -0.371. The van der Waals surface area contributed by atoms with Gasteiger partial charge in [-0.2, -0.15) is 10.2 Å². The van der Waals surface area contributed by atoms with Crippen molar-refractivity contribution in [2.75, 3.05) is 18.0 Å². The minimum Gasteiger partial charge on any atom is -0.349 e. The molecule has 0 N–H and O–H groups in total. The average Bonchev–Trinajstić information content (AvgIpc) is 2.90. The fraction of sp³-hybridized carbons (Fsp3) is 0.321. The number of nitrogens with zero attached hydrogens (tertiary/aromatic N) is 7. The summed E-state index contributed by atoms with van der Waals surface area (Å²) in [5, 5.41) is 9.41. The maximum absolute atomic E-state index is 13.8. The molecule has 0 saturated carbocycles. The van der Waals surface area contributed by atoms with Crippen LogP contribution in [0.15, 0.2) is 59.5 Å². The summed E-state index contributed by atoms with van der Waals surface area (Å²) in [5.74, 6) is 0.208. The van der Waals surface area contributed by atoms with Crippen LogP contribution in [0.3, 0.4) is 0 Å². The van der Waals surface area contributed by atoms with Gasteiger partial charge in [0.05, 0.1) is 17.3 Å². The zero-order valence-electron chi connectivity index (χ0n) is 21.3. The van der Waals surface area contributed by atoms with Gasteiger partial charge in [0.15, 0.2) is 5.82 Å². The number of anilines is 1. The molecule has 0 amide bonds. The normalized spacial score (nSPS) is 19.1. The van der Waals surface area contributed by atoms with Crippen LogP contribution in [0.1, 0.15) is 42.4 Å². The molecule has 4 heterocycles. The molecule has 0 spiro atoms. The van der Waals surface area contributed by atoms with E-state index in [-0.39, 0.29) is 35.3 Å². The first-order valence-corrected chi connectivity index (χ1v) is 12.2. The Morgan fingerprint density at radius 1 is 1.03 bits per heavy atom. The van der Waals surface area contributed by atoms with Gasteiger partial charge in [0, 0.05) is 38.4 Å². The second-order valence-electron chi connectivity index (χ2n) is 9.71. The highest BCUT2D eigenvalue weighted by Crippen LogP contribution is 2.34. The summed E-state index contributed by atoms with van der Waals surface area (Å²) in [7, 11) is 1.65. The first kappa shape index (κ1) is 24.5. The van der Waals surface area contributed by atoms with E-state index in [1.165, 1.54) is 16.7 Å². The summed E-state index contributed by atoms with van der Waals surface area (Å²) < 4.78 is 15.2. The highest BCUT2D eigenvalue weighted by atomic mass is 19.1. The van der Waals surface area contributed by atoms with Crippen LogP contribution in [0.2, 0.25) is 0 Å². The largest absolute Gasteiger partial charge is 0.349 e. The zero-order valence-corrected chi connectivity index (χ0v) is 21.3. The van der Waals surface area contributed by atoms with E-state index < -0.39 is 0 Å². The molecule has 1 aliphatic heterocycles. The molecule has 1 fully saturated rings. The summed E-state index contributed by atoms with van der Waals surface area (Å²) in [6.07, 6.45) is 1.85. The predicted octanol–water partition coefficient (Wildman–Crippen LogP) is 3.73. The maximum Gasteiger partial charge on any atom is 0.349 e. The Kier molecular flexibility index (Phi) is 6.44. The number of piperazine rings is 1. The lowest BCUT2D eigenvalue weighted by molar-refractivity contribution is 0.127. The number of halogens is 1. The van der Waals surface area contributed by atoms with Crippen LogP contribution in [0, 0.1) is 24.1 Å². The Hall–Kier alpha value is -4.16. The van der Waals surface area contributed by atoms with E-state index >= 15 is 0 Å². The molecular formula is C28H28FN7O. The number of benzene rings is 1. The van der Waals surface area contributed by atoms with Crippen LogP contribution in [0.25, 0.3) is 11.0 Å². The maximum atomic E-state index is 13.8. The number of hydrogen-bond acceptors (Lipinski definition) is 7. The van der Waals surface area contributed by atoms with Crippen molar-refractivity contribution in [1.29, 1.82) is 5.26 Å². The Balaban J connectivity index is 1.55. The monoisotopic (exact) mass is 497 g/mol. The van der Waals surface area contributed by atoms with Crippen molar-refractivity contribution in [3.63, 3.8) is 0 Å². The third-order valence-electron chi connectivity index (χ3n) is 7.09. The molecule has 1 aromatic carbocycles. The molecule has 188 valence electrons. The molecule has 3 atom stereocenters. The van der Waals surface area contributed by atoms with E-state index in [0.717, 1.165) is 16.8 Å². The highest BCUT2D eigenvalue weighted by molar-refractivity contribution is 5.86. The van der Waals surface area contributed by atoms with Crippen LogP contribution in [0.5, 0.6) is 0 Å². The topological polar surface area (TPSA) is 90.9 Å². The number of rotatable bonds is 4. The molecule has 1 saturated heterocycles. The molecule has 1 unspecified atom stereocenters. The highest BCUT2D eigenvalue weighted by Gasteiger charge is 2.37. The number of aromatic nitrogens is 4. The van der Waals surface area contributed by atoms with Gasteiger partial charge in [-0.3, -0.25) is 14.5 Å². The van der Waals surface area contributed by atoms with Gasteiger partial charge in [-0.1, -0.05) is 18.2 Å². The van der Waals surface area contributed by atoms with E-state index in [9.17, 15) is 14.4 Å². The van der Waals surface area contributed by atoms with E-state index in [1.54, 1.807) is 19.2 Å². The third-order valence-corrected chi connectivity index (χ3v) is 7.09. The smallest absolute Gasteiger partial charge is 0.349 e. The van der Waals surface area contributed by atoms with Gasteiger partial charge in [-0.15, -0.1) is 0 Å². The second kappa shape index (κ2) is 9.71. The van der Waals surface area contributed by atoms with E-state index in [2.05, 4.69) is 39.7 Å². The molecule has 0 radical (unpaired) electrons. The summed E-state index contributed by atoms with van der Waals surface area (Å²) >= 11 is 0. The summed E-state index contributed by atoms with van der Waals surface area (Å²) in [4.78, 5) is 30.8. The van der Waals surface area contributed by atoms with E-state index in [1.807, 2.05) is 37.4 Å². The Bertz CT molecular complexity index is 1500. The molecule has 0 aliphatic carbocycles. The lowest BCUT2D eigenvalue weighted by Gasteiger charge is -2.47. The van der Waals surface area contributed by atoms with Crippen molar-refractivity contribution in [3.05, 3.63) is 93.5 Å². The van der Waals surface area contributed by atoms with Crippen LogP contribution in [-0.2, 0) is 7.05 Å². The second-order valence-corrected chi connectivity index (χ2v) is 9.71. The van der Waals surface area contributed by atoms with Gasteiger partial charge in [-0.25, -0.2) is 14.2 Å². The van der Waals surface area contributed by atoms with Crippen molar-refractivity contribution >= 4 is 16.9 Å². The molecule has 5 rings (SSSR count). The molecule has 8 nitrogen and oxygen atoms in total. The average molecular weight is 498 g/mol. The lowest BCUT2D eigenvalue weighted by atomic mass is 9.96. The fourth-order valence-electron chi connectivity index (χ4n) is 5.10. The van der Waals surface area contributed by atoms with E-state index in [4.69, 9.17) is 4.98 Å². The lowest BCUT2D eigenvalue weighted by Crippen LogP contribution is -2.58. The number of hydrogen-bond donors (Lipinski definition) is 0. The first-order chi connectivity index (χ1) is 17.8. The molecule has 37 heavy (non-hydrogen) atoms. The Morgan fingerprint density at radius 3 is 2.46 bits per heavy atom. The van der Waals surface area contributed by atoms with Gasteiger partial charge in [-0.05, 0) is 62.2 Å². The third kappa shape index (κ3) is 4.56. The molecule has 4 aromatic rings. The summed E-state index contributed by atoms with van der Waals surface area (Å²) in [6, 6.07) is 15.9. The Labute approximate surface area is 214 Å².